The summed E-state index contributed by atoms with van der Waals surface area (Å²) in [6, 6.07) is 0. The number of hydrogen-bond acceptors (Lipinski definition) is 7. The van der Waals surface area contributed by atoms with Gasteiger partial charge >= 0.3 is 11.9 Å². The molecule has 7 aliphatic carbocycles. The lowest BCUT2D eigenvalue weighted by Gasteiger charge is -2.70. The molecule has 2 amide bonds. The van der Waals surface area contributed by atoms with E-state index in [1.165, 1.54) is 5.57 Å². The van der Waals surface area contributed by atoms with Crippen molar-refractivity contribution in [1.82, 2.24) is 4.90 Å². The summed E-state index contributed by atoms with van der Waals surface area (Å²) in [5.74, 6) is -0.466. The number of esters is 1. The summed E-state index contributed by atoms with van der Waals surface area (Å²) in [5.41, 5.74) is 2.16. The maximum Gasteiger partial charge on any atom is 0.354 e. The van der Waals surface area contributed by atoms with Gasteiger partial charge in [0, 0.05) is 5.41 Å². The molecule has 8 rings (SSSR count). The van der Waals surface area contributed by atoms with Gasteiger partial charge in [-0.3, -0.25) is 19.3 Å². The quantitative estimate of drug-likeness (QED) is 0.0989. The van der Waals surface area contributed by atoms with Crippen molar-refractivity contribution in [3.63, 3.8) is 0 Å². The van der Waals surface area contributed by atoms with Crippen LogP contribution in [0.25, 0.3) is 0 Å². The maximum atomic E-state index is 13.6. The molecule has 0 aromatic rings. The fourth-order valence-electron chi connectivity index (χ4n) is 14.2. The predicted octanol–water partition coefficient (Wildman–Crippen LogP) is 7.67. The molecule has 8 nitrogen and oxygen atoms in total. The molecular weight excluding hydrogens is 628 g/mol. The van der Waals surface area contributed by atoms with E-state index in [-0.39, 0.29) is 81.0 Å². The third-order valence-corrected chi connectivity index (χ3v) is 17.1. The van der Waals surface area contributed by atoms with Gasteiger partial charge in [0.25, 0.3) is 0 Å². The van der Waals surface area contributed by atoms with E-state index in [1.807, 2.05) is 0 Å². The number of methoxy groups -OCH3 is 1. The van der Waals surface area contributed by atoms with Crippen LogP contribution in [-0.2, 0) is 28.8 Å². The lowest BCUT2D eigenvalue weighted by Crippen LogP contribution is -2.64. The molecule has 0 aromatic heterocycles. The molecule has 272 valence electrons. The highest BCUT2D eigenvalue weighted by Crippen LogP contribution is 2.75. The van der Waals surface area contributed by atoms with Gasteiger partial charge in [-0.05, 0) is 122 Å². The van der Waals surface area contributed by atoms with Gasteiger partial charge in [0.2, 0.25) is 11.8 Å². The number of nitrogens with zero attached hydrogens (tertiary/aromatic N) is 2. The molecule has 0 unspecified atom stereocenters. The lowest BCUT2D eigenvalue weighted by atomic mass is 9.33. The highest BCUT2D eigenvalue weighted by molar-refractivity contribution is 6.08. The summed E-state index contributed by atoms with van der Waals surface area (Å²) in [6.45, 7) is 16.5. The average Bonchev–Trinajstić information content (AvgIpc) is 3.74. The van der Waals surface area contributed by atoms with Crippen molar-refractivity contribution >= 4 is 29.5 Å². The van der Waals surface area contributed by atoms with Gasteiger partial charge in [0.1, 0.15) is 6.54 Å². The van der Waals surface area contributed by atoms with Crippen LogP contribution in [0.2, 0.25) is 0 Å². The standard InChI is InChI=1S/C42H58N2O6/c1-37(2)17-19-42(36(48)49-8)20-18-40(6)26(27(42)22-37)11-12-29-39(5)15-14-30(38(3,4)28(39)13-16-41(29,40)7)43-50-31(45)23-44-34(46)32-24-9-10-25(21-24)33(32)35(44)47/h9-11,24-25,27-29,32-33H,12-23H2,1-8H3/b43-30-/t24-,25-,27+,28-,29+,32+,33+,39-,40+,41+,42-/m0/s1. The summed E-state index contributed by atoms with van der Waals surface area (Å²) in [4.78, 5) is 59.6. The molecule has 11 atom stereocenters. The van der Waals surface area contributed by atoms with Crippen LogP contribution >= 0.6 is 0 Å². The number of imide groups is 1. The van der Waals surface area contributed by atoms with E-state index >= 15 is 0 Å². The van der Waals surface area contributed by atoms with Crippen molar-refractivity contribution in [2.45, 2.75) is 119 Å². The molecular formula is C42H58N2O6. The molecule has 1 saturated heterocycles. The van der Waals surface area contributed by atoms with Crippen LogP contribution < -0.4 is 0 Å². The van der Waals surface area contributed by atoms with Crippen molar-refractivity contribution in [3.05, 3.63) is 23.8 Å². The van der Waals surface area contributed by atoms with Crippen LogP contribution in [0.4, 0.5) is 0 Å². The highest BCUT2D eigenvalue weighted by Gasteiger charge is 2.69. The normalized spacial score (nSPS) is 47.1. The second kappa shape index (κ2) is 10.9. The highest BCUT2D eigenvalue weighted by atomic mass is 16.7. The number of likely N-dealkylation sites (tertiary alicyclic amines) is 1. The average molecular weight is 687 g/mol. The first-order valence-electron chi connectivity index (χ1n) is 19.5. The molecule has 0 spiro atoms. The Morgan fingerprint density at radius 2 is 1.54 bits per heavy atom. The van der Waals surface area contributed by atoms with Crippen molar-refractivity contribution in [2.24, 2.45) is 79.1 Å². The monoisotopic (exact) mass is 686 g/mol. The van der Waals surface area contributed by atoms with Crippen LogP contribution in [0.3, 0.4) is 0 Å². The zero-order chi connectivity index (χ0) is 35.8. The number of oxime groups is 1. The molecule has 0 N–H and O–H groups in total. The Labute approximate surface area is 298 Å². The zero-order valence-corrected chi connectivity index (χ0v) is 31.6. The molecule has 1 aliphatic heterocycles. The Bertz CT molecular complexity index is 1610. The Morgan fingerprint density at radius 3 is 2.20 bits per heavy atom. The number of hydrogen-bond donors (Lipinski definition) is 0. The number of amides is 2. The van der Waals surface area contributed by atoms with Crippen LogP contribution in [0, 0.1) is 73.9 Å². The number of carbonyl (C=O) groups excluding carboxylic acids is 4. The first-order chi connectivity index (χ1) is 23.4. The van der Waals surface area contributed by atoms with Crippen LogP contribution in [0.1, 0.15) is 119 Å². The largest absolute Gasteiger partial charge is 0.469 e. The third-order valence-electron chi connectivity index (χ3n) is 17.1. The summed E-state index contributed by atoms with van der Waals surface area (Å²) >= 11 is 0. The Kier molecular flexibility index (Phi) is 7.47. The SMILES string of the molecule is COC(=O)[C@]12CCC(C)(C)C[C@@H]1C1=CC[C@@H]3[C@@]4(C)CC/C(=N/OC(=O)CN5C(=O)[C@H]6[C@H](C5=O)[C@H]5C=C[C@H]6C5)C(C)(C)[C@@H]4CC[C@@]3(C)[C@]1(C)CC2. The van der Waals surface area contributed by atoms with Crippen LogP contribution in [-0.4, -0.2) is 48.0 Å². The van der Waals surface area contributed by atoms with E-state index in [9.17, 15) is 19.2 Å². The topological polar surface area (TPSA) is 102 Å². The fourth-order valence-corrected chi connectivity index (χ4v) is 14.2. The van der Waals surface area contributed by atoms with E-state index in [4.69, 9.17) is 9.57 Å². The third kappa shape index (κ3) is 4.37. The Hall–Kier alpha value is -2.77. The minimum absolute atomic E-state index is 0.00386. The number of ether oxygens (including phenoxy) is 1. The molecule has 1 heterocycles. The van der Waals surface area contributed by atoms with Crippen molar-refractivity contribution in [1.29, 1.82) is 0 Å². The van der Waals surface area contributed by atoms with E-state index in [1.54, 1.807) is 7.11 Å². The van der Waals surface area contributed by atoms with Crippen molar-refractivity contribution in [2.75, 3.05) is 13.7 Å². The molecule has 8 aliphatic rings. The second-order valence-corrected chi connectivity index (χ2v) is 19.8. The van der Waals surface area contributed by atoms with Crippen LogP contribution in [0.15, 0.2) is 29.0 Å². The fraction of sp³-hybridized carbons (Fsp3) is 0.786. The van der Waals surface area contributed by atoms with E-state index < -0.39 is 11.4 Å². The van der Waals surface area contributed by atoms with Gasteiger partial charge in [-0.1, -0.05) is 77.4 Å². The second-order valence-electron chi connectivity index (χ2n) is 19.8. The summed E-state index contributed by atoms with van der Waals surface area (Å²) in [7, 11) is 1.57. The molecule has 2 bridgehead atoms. The first kappa shape index (κ1) is 34.3. The molecule has 5 saturated carbocycles. The molecule has 6 fully saturated rings. The smallest absolute Gasteiger partial charge is 0.354 e. The molecule has 50 heavy (non-hydrogen) atoms. The minimum atomic E-state index is -0.649. The summed E-state index contributed by atoms with van der Waals surface area (Å²) in [6.07, 6.45) is 17.4. The van der Waals surface area contributed by atoms with Gasteiger partial charge in [-0.25, -0.2) is 4.79 Å². The van der Waals surface area contributed by atoms with Gasteiger partial charge in [0.15, 0.2) is 0 Å². The van der Waals surface area contributed by atoms with Crippen molar-refractivity contribution in [3.8, 4) is 0 Å². The number of fused-ring (bicyclic) bond motifs is 12. The molecule has 0 aromatic carbocycles. The van der Waals surface area contributed by atoms with Gasteiger partial charge in [-0.2, -0.15) is 0 Å². The first-order valence-corrected chi connectivity index (χ1v) is 19.5. The summed E-state index contributed by atoms with van der Waals surface area (Å²) in [5, 5.41) is 4.51. The number of rotatable bonds is 4. The summed E-state index contributed by atoms with van der Waals surface area (Å²) < 4.78 is 5.54. The van der Waals surface area contributed by atoms with Gasteiger partial charge in [0.05, 0.1) is 30.1 Å². The Morgan fingerprint density at radius 1 is 0.880 bits per heavy atom. The van der Waals surface area contributed by atoms with E-state index in [2.05, 4.69) is 71.8 Å². The van der Waals surface area contributed by atoms with E-state index in [0.717, 1.165) is 81.2 Å². The minimum Gasteiger partial charge on any atom is -0.469 e. The molecule has 0 radical (unpaired) electrons. The van der Waals surface area contributed by atoms with Crippen LogP contribution in [0.5, 0.6) is 0 Å². The zero-order valence-electron chi connectivity index (χ0n) is 31.6. The number of allylic oxidation sites excluding steroid dienone is 4. The number of carbonyl (C=O) groups is 4. The lowest BCUT2D eigenvalue weighted by molar-refractivity contribution is -0.181. The van der Waals surface area contributed by atoms with Crippen molar-refractivity contribution < 1.29 is 28.8 Å². The Balaban J connectivity index is 1.01. The van der Waals surface area contributed by atoms with E-state index in [0.29, 0.717) is 11.8 Å². The predicted molar refractivity (Wildman–Crippen MR) is 189 cm³/mol. The maximum absolute atomic E-state index is 13.6. The van der Waals surface area contributed by atoms with Gasteiger partial charge < -0.3 is 9.57 Å². The molecule has 8 heteroatoms. The van der Waals surface area contributed by atoms with Gasteiger partial charge in [-0.15, -0.1) is 0 Å².